The molecule has 0 fully saturated rings. The standard InChI is InChI=1S/C11H14O/c1-9-5-3-4-6-11(8-7-9)10(2)12/h3-4,6-9H,5H2,1-2H3. The summed E-state index contributed by atoms with van der Waals surface area (Å²) in [6.45, 7) is 3.74. The zero-order valence-electron chi connectivity index (χ0n) is 7.58. The molecule has 0 aromatic carbocycles. The SMILES string of the molecule is CC(=O)C1=CC=CCC(C)C=C1. The topological polar surface area (TPSA) is 17.1 Å². The van der Waals surface area contributed by atoms with Crippen LogP contribution >= 0.6 is 0 Å². The van der Waals surface area contributed by atoms with Crippen LogP contribution in [0.15, 0.2) is 36.0 Å². The van der Waals surface area contributed by atoms with Crippen molar-refractivity contribution in [3.63, 3.8) is 0 Å². The normalized spacial score (nSPS) is 22.8. The molecule has 0 N–H and O–H groups in total. The average molecular weight is 162 g/mol. The van der Waals surface area contributed by atoms with Crippen molar-refractivity contribution in [3.05, 3.63) is 36.0 Å². The van der Waals surface area contributed by atoms with Gasteiger partial charge in [0.15, 0.2) is 5.78 Å². The number of ketones is 1. The molecule has 64 valence electrons. The van der Waals surface area contributed by atoms with Gasteiger partial charge in [-0.2, -0.15) is 0 Å². The Morgan fingerprint density at radius 1 is 1.58 bits per heavy atom. The third-order valence-electron chi connectivity index (χ3n) is 1.93. The first kappa shape index (κ1) is 8.98. The molecule has 0 saturated carbocycles. The first-order valence-electron chi connectivity index (χ1n) is 4.26. The highest BCUT2D eigenvalue weighted by atomic mass is 16.1. The van der Waals surface area contributed by atoms with Crippen molar-refractivity contribution in [2.24, 2.45) is 5.92 Å². The Morgan fingerprint density at radius 3 is 3.00 bits per heavy atom. The molecular weight excluding hydrogens is 148 g/mol. The van der Waals surface area contributed by atoms with Crippen LogP contribution in [0.3, 0.4) is 0 Å². The predicted octanol–water partition coefficient (Wildman–Crippen LogP) is 2.65. The third-order valence-corrected chi connectivity index (χ3v) is 1.93. The molecule has 12 heavy (non-hydrogen) atoms. The van der Waals surface area contributed by atoms with Gasteiger partial charge in [0.2, 0.25) is 0 Å². The Hall–Kier alpha value is -1.11. The fourth-order valence-electron chi connectivity index (χ4n) is 1.10. The van der Waals surface area contributed by atoms with Crippen LogP contribution in [0.4, 0.5) is 0 Å². The van der Waals surface area contributed by atoms with Gasteiger partial charge in [-0.25, -0.2) is 0 Å². The van der Waals surface area contributed by atoms with Crippen molar-refractivity contribution in [1.82, 2.24) is 0 Å². The van der Waals surface area contributed by atoms with E-state index in [-0.39, 0.29) is 5.78 Å². The second-order valence-corrected chi connectivity index (χ2v) is 3.18. The van der Waals surface area contributed by atoms with Crippen molar-refractivity contribution in [2.75, 3.05) is 0 Å². The lowest BCUT2D eigenvalue weighted by atomic mass is 10.0. The zero-order chi connectivity index (χ0) is 8.97. The summed E-state index contributed by atoms with van der Waals surface area (Å²) >= 11 is 0. The largest absolute Gasteiger partial charge is 0.295 e. The zero-order valence-corrected chi connectivity index (χ0v) is 7.58. The molecule has 0 radical (unpaired) electrons. The second kappa shape index (κ2) is 4.05. The van der Waals surface area contributed by atoms with Crippen molar-refractivity contribution in [3.8, 4) is 0 Å². The van der Waals surface area contributed by atoms with E-state index in [1.54, 1.807) is 6.92 Å². The van der Waals surface area contributed by atoms with Gasteiger partial charge >= 0.3 is 0 Å². The lowest BCUT2D eigenvalue weighted by Gasteiger charge is -2.04. The molecule has 0 amide bonds. The molecule has 1 nitrogen and oxygen atoms in total. The van der Waals surface area contributed by atoms with Crippen molar-refractivity contribution in [2.45, 2.75) is 20.3 Å². The van der Waals surface area contributed by atoms with E-state index in [1.807, 2.05) is 18.2 Å². The molecule has 1 rings (SSSR count). The van der Waals surface area contributed by atoms with Crippen LogP contribution in [0, 0.1) is 5.92 Å². The number of hydrogen-bond donors (Lipinski definition) is 0. The van der Waals surface area contributed by atoms with Crippen LogP contribution in [0.5, 0.6) is 0 Å². The minimum absolute atomic E-state index is 0.130. The number of allylic oxidation sites excluding steroid dienone is 6. The van der Waals surface area contributed by atoms with E-state index >= 15 is 0 Å². The Labute approximate surface area is 73.5 Å². The fraction of sp³-hybridized carbons (Fsp3) is 0.364. The smallest absolute Gasteiger partial charge is 0.159 e. The predicted molar refractivity (Wildman–Crippen MR) is 50.8 cm³/mol. The molecule has 0 bridgehead atoms. The Balaban J connectivity index is 2.85. The Kier molecular flexibility index (Phi) is 3.03. The molecule has 0 heterocycles. The van der Waals surface area contributed by atoms with E-state index in [9.17, 15) is 4.79 Å². The molecule has 0 spiro atoms. The van der Waals surface area contributed by atoms with Gasteiger partial charge in [-0.1, -0.05) is 37.3 Å². The molecule has 0 aliphatic heterocycles. The second-order valence-electron chi connectivity index (χ2n) is 3.18. The summed E-state index contributed by atoms with van der Waals surface area (Å²) in [6, 6.07) is 0. The average Bonchev–Trinajstić information content (AvgIpc) is 1.97. The molecule has 0 saturated heterocycles. The van der Waals surface area contributed by atoms with E-state index < -0.39 is 0 Å². The monoisotopic (exact) mass is 162 g/mol. The number of carbonyl (C=O) groups is 1. The maximum Gasteiger partial charge on any atom is 0.159 e. The lowest BCUT2D eigenvalue weighted by Crippen LogP contribution is -1.96. The van der Waals surface area contributed by atoms with Gasteiger partial charge in [0.05, 0.1) is 0 Å². The number of rotatable bonds is 1. The molecule has 1 aliphatic carbocycles. The van der Waals surface area contributed by atoms with Gasteiger partial charge in [0.1, 0.15) is 0 Å². The molecule has 1 aliphatic rings. The maximum absolute atomic E-state index is 11.0. The first-order chi connectivity index (χ1) is 5.70. The summed E-state index contributed by atoms with van der Waals surface area (Å²) in [5.41, 5.74) is 0.790. The van der Waals surface area contributed by atoms with Gasteiger partial charge in [-0.15, -0.1) is 0 Å². The van der Waals surface area contributed by atoms with Crippen LogP contribution in [-0.2, 0) is 4.79 Å². The highest BCUT2D eigenvalue weighted by molar-refractivity contribution is 5.96. The quantitative estimate of drug-likeness (QED) is 0.579. The molecule has 1 heteroatoms. The van der Waals surface area contributed by atoms with Gasteiger partial charge < -0.3 is 0 Å². The first-order valence-corrected chi connectivity index (χ1v) is 4.26. The summed E-state index contributed by atoms with van der Waals surface area (Å²) in [5.74, 6) is 0.661. The number of hydrogen-bond acceptors (Lipinski definition) is 1. The molecule has 1 atom stereocenters. The van der Waals surface area contributed by atoms with Gasteiger partial charge in [0, 0.05) is 5.57 Å². The van der Waals surface area contributed by atoms with Gasteiger partial charge in [-0.3, -0.25) is 4.79 Å². The van der Waals surface area contributed by atoms with Crippen LogP contribution < -0.4 is 0 Å². The van der Waals surface area contributed by atoms with Crippen molar-refractivity contribution >= 4 is 5.78 Å². The van der Waals surface area contributed by atoms with Crippen molar-refractivity contribution in [1.29, 1.82) is 0 Å². The maximum atomic E-state index is 11.0. The van der Waals surface area contributed by atoms with Crippen LogP contribution in [-0.4, -0.2) is 5.78 Å². The van der Waals surface area contributed by atoms with Crippen LogP contribution in [0.2, 0.25) is 0 Å². The van der Waals surface area contributed by atoms with E-state index in [1.165, 1.54) is 0 Å². The number of carbonyl (C=O) groups excluding carboxylic acids is 1. The molecule has 0 aromatic rings. The van der Waals surface area contributed by atoms with E-state index in [4.69, 9.17) is 0 Å². The third kappa shape index (κ3) is 2.50. The summed E-state index contributed by atoms with van der Waals surface area (Å²) < 4.78 is 0. The molecular formula is C11H14O. The van der Waals surface area contributed by atoms with Crippen molar-refractivity contribution < 1.29 is 4.79 Å². The minimum atomic E-state index is 0.130. The van der Waals surface area contributed by atoms with Gasteiger partial charge in [-0.05, 0) is 19.3 Å². The Morgan fingerprint density at radius 2 is 2.33 bits per heavy atom. The summed E-state index contributed by atoms with van der Waals surface area (Å²) in [5, 5.41) is 0. The minimum Gasteiger partial charge on any atom is -0.295 e. The molecule has 0 aromatic heterocycles. The number of Topliss-reactive ketones (excluding diaryl/α,β-unsaturated/α-hetero) is 1. The Bertz CT molecular complexity index is 256. The van der Waals surface area contributed by atoms with Gasteiger partial charge in [0.25, 0.3) is 0 Å². The van der Waals surface area contributed by atoms with E-state index in [2.05, 4.69) is 19.1 Å². The summed E-state index contributed by atoms with van der Waals surface area (Å²) in [6.07, 6.45) is 11.0. The lowest BCUT2D eigenvalue weighted by molar-refractivity contribution is -0.113. The van der Waals surface area contributed by atoms with Crippen LogP contribution in [0.1, 0.15) is 20.3 Å². The highest BCUT2D eigenvalue weighted by Gasteiger charge is 2.01. The van der Waals surface area contributed by atoms with E-state index in [0.29, 0.717) is 5.92 Å². The van der Waals surface area contributed by atoms with E-state index in [0.717, 1.165) is 12.0 Å². The summed E-state index contributed by atoms with van der Waals surface area (Å²) in [4.78, 5) is 11.0. The fourth-order valence-corrected chi connectivity index (χ4v) is 1.10. The highest BCUT2D eigenvalue weighted by Crippen LogP contribution is 2.11. The summed E-state index contributed by atoms with van der Waals surface area (Å²) in [7, 11) is 0. The van der Waals surface area contributed by atoms with Crippen LogP contribution in [0.25, 0.3) is 0 Å². The molecule has 1 unspecified atom stereocenters.